The number of carbonyl (C=O) groups excluding carboxylic acids is 2. The molecule has 5 heteroatoms. The number of carbonyl (C=O) groups is 2. The van der Waals surface area contributed by atoms with Crippen LogP contribution in [0.3, 0.4) is 0 Å². The van der Waals surface area contributed by atoms with E-state index in [1.807, 2.05) is 45.0 Å². The minimum absolute atomic E-state index is 0.0546. The Hall–Kier alpha value is -2.82. The molecule has 0 saturated carbocycles. The third-order valence-corrected chi connectivity index (χ3v) is 5.02. The van der Waals surface area contributed by atoms with Crippen LogP contribution in [-0.2, 0) is 4.79 Å². The predicted molar refractivity (Wildman–Crippen MR) is 117 cm³/mol. The van der Waals surface area contributed by atoms with Crippen molar-refractivity contribution in [2.75, 3.05) is 11.9 Å². The van der Waals surface area contributed by atoms with Crippen LogP contribution < -0.4 is 15.4 Å². The summed E-state index contributed by atoms with van der Waals surface area (Å²) in [5.74, 6) is 0.630. The van der Waals surface area contributed by atoms with Crippen molar-refractivity contribution in [3.63, 3.8) is 0 Å². The van der Waals surface area contributed by atoms with Gasteiger partial charge in [0, 0.05) is 11.3 Å². The van der Waals surface area contributed by atoms with E-state index in [0.717, 1.165) is 12.1 Å². The highest BCUT2D eigenvalue weighted by Crippen LogP contribution is 2.21. The highest BCUT2D eigenvalue weighted by Gasteiger charge is 2.25. The van der Waals surface area contributed by atoms with Crippen molar-refractivity contribution >= 4 is 17.5 Å². The number of hydrogen-bond acceptors (Lipinski definition) is 3. The molecule has 5 nitrogen and oxygen atoms in total. The maximum atomic E-state index is 12.8. The molecule has 29 heavy (non-hydrogen) atoms. The van der Waals surface area contributed by atoms with Crippen LogP contribution in [0.2, 0.25) is 0 Å². The van der Waals surface area contributed by atoms with Crippen molar-refractivity contribution in [2.24, 2.45) is 5.92 Å². The van der Waals surface area contributed by atoms with Crippen LogP contribution >= 0.6 is 0 Å². The summed E-state index contributed by atoms with van der Waals surface area (Å²) < 4.78 is 5.40. The van der Waals surface area contributed by atoms with E-state index in [9.17, 15) is 9.59 Å². The molecule has 2 aromatic rings. The average Bonchev–Trinajstić information content (AvgIpc) is 2.72. The van der Waals surface area contributed by atoms with Gasteiger partial charge >= 0.3 is 0 Å². The molecule has 0 radical (unpaired) electrons. The zero-order valence-corrected chi connectivity index (χ0v) is 18.0. The standard InChI is InChI=1S/C24H32N2O3/c1-6-17(5)18-8-12-20(13-9-18)25-24(28)22(16(3)4)26-23(27)19-10-14-21(15-11-19)29-7-2/h8-17,22H,6-7H2,1-5H3,(H,25,28)(H,26,27)/t17-,22-/m0/s1. The summed E-state index contributed by atoms with van der Waals surface area (Å²) in [6, 6.07) is 14.1. The SMILES string of the molecule is CCOc1ccc(C(=O)N[C@H](C(=O)Nc2ccc([C@@H](C)CC)cc2)C(C)C)cc1. The molecule has 0 saturated heterocycles. The van der Waals surface area contributed by atoms with E-state index in [4.69, 9.17) is 4.74 Å². The first-order valence-electron chi connectivity index (χ1n) is 10.3. The summed E-state index contributed by atoms with van der Waals surface area (Å²) in [6.07, 6.45) is 1.07. The fraction of sp³-hybridized carbons (Fsp3) is 0.417. The average molecular weight is 397 g/mol. The van der Waals surface area contributed by atoms with Crippen molar-refractivity contribution in [1.82, 2.24) is 5.32 Å². The van der Waals surface area contributed by atoms with Crippen LogP contribution in [-0.4, -0.2) is 24.5 Å². The molecule has 2 aromatic carbocycles. The Morgan fingerprint density at radius 1 is 0.931 bits per heavy atom. The monoisotopic (exact) mass is 396 g/mol. The molecular formula is C24H32N2O3. The lowest BCUT2D eigenvalue weighted by Crippen LogP contribution is -2.47. The van der Waals surface area contributed by atoms with Gasteiger partial charge in [0.2, 0.25) is 5.91 Å². The lowest BCUT2D eigenvalue weighted by molar-refractivity contribution is -0.118. The molecule has 0 heterocycles. The summed E-state index contributed by atoms with van der Waals surface area (Å²) in [5.41, 5.74) is 2.46. The van der Waals surface area contributed by atoms with E-state index in [1.165, 1.54) is 5.56 Å². The van der Waals surface area contributed by atoms with Crippen LogP contribution in [0.1, 0.15) is 62.9 Å². The van der Waals surface area contributed by atoms with Gasteiger partial charge in [-0.3, -0.25) is 9.59 Å². The van der Waals surface area contributed by atoms with E-state index in [1.54, 1.807) is 24.3 Å². The van der Waals surface area contributed by atoms with E-state index >= 15 is 0 Å². The zero-order valence-electron chi connectivity index (χ0n) is 18.0. The second kappa shape index (κ2) is 10.6. The van der Waals surface area contributed by atoms with Gasteiger partial charge in [0.1, 0.15) is 11.8 Å². The van der Waals surface area contributed by atoms with Crippen molar-refractivity contribution in [3.8, 4) is 5.75 Å². The normalized spacial score (nSPS) is 12.9. The number of anilines is 1. The zero-order chi connectivity index (χ0) is 21.4. The number of hydrogen-bond donors (Lipinski definition) is 2. The van der Waals surface area contributed by atoms with Gasteiger partial charge in [-0.15, -0.1) is 0 Å². The van der Waals surface area contributed by atoms with Crippen LogP contribution in [0.4, 0.5) is 5.69 Å². The fourth-order valence-electron chi connectivity index (χ4n) is 2.98. The van der Waals surface area contributed by atoms with Gasteiger partial charge < -0.3 is 15.4 Å². The van der Waals surface area contributed by atoms with Gasteiger partial charge in [-0.1, -0.05) is 39.8 Å². The van der Waals surface area contributed by atoms with Crippen molar-refractivity contribution in [2.45, 2.75) is 53.0 Å². The Labute approximate surface area is 173 Å². The van der Waals surface area contributed by atoms with Gasteiger partial charge in [0.15, 0.2) is 0 Å². The Morgan fingerprint density at radius 2 is 1.55 bits per heavy atom. The summed E-state index contributed by atoms with van der Waals surface area (Å²) in [4.78, 5) is 25.4. The fourth-order valence-corrected chi connectivity index (χ4v) is 2.98. The quantitative estimate of drug-likeness (QED) is 0.627. The molecule has 2 atom stereocenters. The molecule has 0 unspecified atom stereocenters. The lowest BCUT2D eigenvalue weighted by atomic mass is 9.98. The molecule has 2 rings (SSSR count). The van der Waals surface area contributed by atoms with Gasteiger partial charge in [0.05, 0.1) is 6.61 Å². The molecule has 0 aliphatic rings. The predicted octanol–water partition coefficient (Wildman–Crippen LogP) is 4.99. The van der Waals surface area contributed by atoms with Crippen LogP contribution in [0.15, 0.2) is 48.5 Å². The van der Waals surface area contributed by atoms with Gasteiger partial charge in [-0.05, 0) is 67.1 Å². The number of nitrogens with one attached hydrogen (secondary N) is 2. The van der Waals surface area contributed by atoms with Crippen LogP contribution in [0.5, 0.6) is 5.75 Å². The molecule has 0 bridgehead atoms. The largest absolute Gasteiger partial charge is 0.494 e. The summed E-state index contributed by atoms with van der Waals surface area (Å²) in [6.45, 7) is 10.6. The van der Waals surface area contributed by atoms with E-state index in [2.05, 4.69) is 24.5 Å². The third-order valence-electron chi connectivity index (χ3n) is 5.02. The molecular weight excluding hydrogens is 364 g/mol. The summed E-state index contributed by atoms with van der Waals surface area (Å²) in [5, 5.41) is 5.77. The number of amides is 2. The topological polar surface area (TPSA) is 67.4 Å². The lowest BCUT2D eigenvalue weighted by Gasteiger charge is -2.22. The van der Waals surface area contributed by atoms with Gasteiger partial charge in [-0.2, -0.15) is 0 Å². The van der Waals surface area contributed by atoms with Crippen molar-refractivity contribution in [1.29, 1.82) is 0 Å². The first-order valence-corrected chi connectivity index (χ1v) is 10.3. The molecule has 2 N–H and O–H groups in total. The number of benzene rings is 2. The molecule has 0 aliphatic heterocycles. The van der Waals surface area contributed by atoms with Gasteiger partial charge in [-0.25, -0.2) is 0 Å². The second-order valence-corrected chi connectivity index (χ2v) is 7.57. The van der Waals surface area contributed by atoms with E-state index in [0.29, 0.717) is 23.8 Å². The van der Waals surface area contributed by atoms with E-state index in [-0.39, 0.29) is 17.7 Å². The van der Waals surface area contributed by atoms with E-state index < -0.39 is 6.04 Å². The summed E-state index contributed by atoms with van der Waals surface area (Å²) in [7, 11) is 0. The first-order chi connectivity index (χ1) is 13.8. The molecule has 156 valence electrons. The van der Waals surface area contributed by atoms with Crippen molar-refractivity contribution in [3.05, 3.63) is 59.7 Å². The van der Waals surface area contributed by atoms with Crippen LogP contribution in [0.25, 0.3) is 0 Å². The molecule has 0 aromatic heterocycles. The maximum Gasteiger partial charge on any atom is 0.251 e. The summed E-state index contributed by atoms with van der Waals surface area (Å²) >= 11 is 0. The molecule has 0 fully saturated rings. The Bertz CT molecular complexity index is 798. The Morgan fingerprint density at radius 3 is 2.07 bits per heavy atom. The third kappa shape index (κ3) is 6.34. The molecule has 2 amide bonds. The molecule has 0 spiro atoms. The highest BCUT2D eigenvalue weighted by atomic mass is 16.5. The minimum atomic E-state index is -0.636. The van der Waals surface area contributed by atoms with Crippen LogP contribution in [0, 0.1) is 5.92 Å². The first kappa shape index (κ1) is 22.5. The maximum absolute atomic E-state index is 12.8. The molecule has 0 aliphatic carbocycles. The second-order valence-electron chi connectivity index (χ2n) is 7.57. The Balaban J connectivity index is 2.04. The Kier molecular flexibility index (Phi) is 8.25. The minimum Gasteiger partial charge on any atom is -0.494 e. The van der Waals surface area contributed by atoms with Gasteiger partial charge in [0.25, 0.3) is 5.91 Å². The number of ether oxygens (including phenoxy) is 1. The highest BCUT2D eigenvalue weighted by molar-refractivity contribution is 6.01. The smallest absolute Gasteiger partial charge is 0.251 e. The number of rotatable bonds is 9. The van der Waals surface area contributed by atoms with Crippen molar-refractivity contribution < 1.29 is 14.3 Å².